The molecule has 27 heavy (non-hydrogen) atoms. The Balaban J connectivity index is 1.75. The van der Waals surface area contributed by atoms with Gasteiger partial charge in [-0.25, -0.2) is 0 Å². The number of nitrogens with two attached hydrogens (primary N) is 1. The van der Waals surface area contributed by atoms with Gasteiger partial charge in [0, 0.05) is 49.9 Å². The topological polar surface area (TPSA) is 93.3 Å². The van der Waals surface area contributed by atoms with E-state index in [-0.39, 0.29) is 0 Å². The van der Waals surface area contributed by atoms with Crippen molar-refractivity contribution in [1.82, 2.24) is 14.8 Å². The number of nitrogens with zero attached hydrogens (tertiary/aromatic N) is 4. The van der Waals surface area contributed by atoms with Crippen molar-refractivity contribution >= 4 is 16.6 Å². The smallest absolute Gasteiger partial charge is 0.140 e. The van der Waals surface area contributed by atoms with E-state index in [0.29, 0.717) is 24.4 Å². The van der Waals surface area contributed by atoms with Crippen molar-refractivity contribution < 1.29 is 9.47 Å². The van der Waals surface area contributed by atoms with Crippen molar-refractivity contribution in [2.75, 3.05) is 52.6 Å². The summed E-state index contributed by atoms with van der Waals surface area (Å²) in [7, 11) is 0. The lowest BCUT2D eigenvalue weighted by molar-refractivity contribution is 0.0174. The fourth-order valence-electron chi connectivity index (χ4n) is 3.83. The molecular formula is C19H25N5O3. The summed E-state index contributed by atoms with van der Waals surface area (Å²) in [5.74, 6) is 0. The standard InChI is InChI=1S/C19H25N5O3/c20-19(24-6-10-27-11-7-24)16-12-14(13-23-4-8-26-9-5-23)15-2-1-3-21-17(15)18(16)22-25/h1-3,12,19H,4-11,13,20H2. The first-order valence-corrected chi connectivity index (χ1v) is 9.39. The summed E-state index contributed by atoms with van der Waals surface area (Å²) in [6.07, 6.45) is 1.29. The first kappa shape index (κ1) is 18.4. The maximum atomic E-state index is 11.7. The third kappa shape index (κ3) is 3.85. The highest BCUT2D eigenvalue weighted by Gasteiger charge is 2.25. The van der Waals surface area contributed by atoms with Gasteiger partial charge in [-0.1, -0.05) is 6.07 Å². The number of rotatable bonds is 5. The van der Waals surface area contributed by atoms with E-state index in [1.54, 1.807) is 6.20 Å². The predicted molar refractivity (Wildman–Crippen MR) is 103 cm³/mol. The summed E-state index contributed by atoms with van der Waals surface area (Å²) < 4.78 is 10.9. The van der Waals surface area contributed by atoms with E-state index in [1.165, 1.54) is 0 Å². The number of hydrogen-bond donors (Lipinski definition) is 1. The predicted octanol–water partition coefficient (Wildman–Crippen LogP) is 1.75. The lowest BCUT2D eigenvalue weighted by Gasteiger charge is -2.33. The normalized spacial score (nSPS) is 20.6. The summed E-state index contributed by atoms with van der Waals surface area (Å²) in [4.78, 5) is 20.6. The van der Waals surface area contributed by atoms with Crippen molar-refractivity contribution in [2.24, 2.45) is 10.9 Å². The van der Waals surface area contributed by atoms with Crippen LogP contribution in [-0.4, -0.2) is 67.4 Å². The van der Waals surface area contributed by atoms with E-state index in [4.69, 9.17) is 15.2 Å². The summed E-state index contributed by atoms with van der Waals surface area (Å²) in [5, 5.41) is 4.27. The molecule has 3 heterocycles. The zero-order valence-corrected chi connectivity index (χ0v) is 15.3. The van der Waals surface area contributed by atoms with Crippen molar-refractivity contribution in [3.63, 3.8) is 0 Å². The Morgan fingerprint density at radius 3 is 2.56 bits per heavy atom. The van der Waals surface area contributed by atoms with Crippen LogP contribution >= 0.6 is 0 Å². The average molecular weight is 371 g/mol. The summed E-state index contributed by atoms with van der Waals surface area (Å²) >= 11 is 0. The van der Waals surface area contributed by atoms with Crippen molar-refractivity contribution in [3.05, 3.63) is 40.4 Å². The number of nitroso groups, excluding NO2 is 1. The highest BCUT2D eigenvalue weighted by atomic mass is 16.5. The highest BCUT2D eigenvalue weighted by molar-refractivity contribution is 5.93. The molecular weight excluding hydrogens is 346 g/mol. The van der Waals surface area contributed by atoms with Gasteiger partial charge in [0.1, 0.15) is 11.2 Å². The second-order valence-electron chi connectivity index (χ2n) is 6.95. The van der Waals surface area contributed by atoms with Gasteiger partial charge in [0.2, 0.25) is 0 Å². The minimum atomic E-state index is -0.406. The van der Waals surface area contributed by atoms with Crippen LogP contribution in [0.1, 0.15) is 17.3 Å². The minimum absolute atomic E-state index is 0.343. The quantitative estimate of drug-likeness (QED) is 0.800. The van der Waals surface area contributed by atoms with Gasteiger partial charge in [-0.05, 0) is 22.9 Å². The zero-order valence-electron chi connectivity index (χ0n) is 15.3. The summed E-state index contributed by atoms with van der Waals surface area (Å²) in [5.41, 5.74) is 9.37. The highest BCUT2D eigenvalue weighted by Crippen LogP contribution is 2.36. The van der Waals surface area contributed by atoms with E-state index in [9.17, 15) is 4.91 Å². The molecule has 144 valence electrons. The van der Waals surface area contributed by atoms with Gasteiger partial charge in [-0.15, -0.1) is 4.91 Å². The van der Waals surface area contributed by atoms with Gasteiger partial charge < -0.3 is 15.2 Å². The lowest BCUT2D eigenvalue weighted by atomic mass is 9.99. The van der Waals surface area contributed by atoms with Gasteiger partial charge in [0.05, 0.1) is 32.6 Å². The maximum absolute atomic E-state index is 11.7. The van der Waals surface area contributed by atoms with E-state index in [2.05, 4.69) is 20.0 Å². The van der Waals surface area contributed by atoms with E-state index >= 15 is 0 Å². The van der Waals surface area contributed by atoms with E-state index in [1.807, 2.05) is 18.2 Å². The van der Waals surface area contributed by atoms with E-state index < -0.39 is 6.17 Å². The van der Waals surface area contributed by atoms with Crippen LogP contribution in [0.5, 0.6) is 0 Å². The van der Waals surface area contributed by atoms with Crippen molar-refractivity contribution in [3.8, 4) is 0 Å². The molecule has 1 aromatic heterocycles. The second kappa shape index (κ2) is 8.37. The Labute approximate surface area is 158 Å². The first-order chi connectivity index (χ1) is 13.3. The SMILES string of the molecule is NC(c1cc(CN2CCOCC2)c2cccnc2c1N=O)N1CCOCC1. The van der Waals surface area contributed by atoms with Gasteiger partial charge in [-0.3, -0.25) is 14.8 Å². The third-order valence-corrected chi connectivity index (χ3v) is 5.33. The molecule has 0 amide bonds. The molecule has 0 bridgehead atoms. The molecule has 1 unspecified atom stereocenters. The van der Waals surface area contributed by atoms with Crippen LogP contribution in [0.2, 0.25) is 0 Å². The average Bonchev–Trinajstić information content (AvgIpc) is 2.74. The molecule has 2 saturated heterocycles. The molecule has 0 aliphatic carbocycles. The van der Waals surface area contributed by atoms with Crippen LogP contribution in [0, 0.1) is 4.91 Å². The number of fused-ring (bicyclic) bond motifs is 1. The summed E-state index contributed by atoms with van der Waals surface area (Å²) in [6.45, 7) is 6.79. The number of pyridine rings is 1. The summed E-state index contributed by atoms with van der Waals surface area (Å²) in [6, 6.07) is 5.93. The van der Waals surface area contributed by atoms with Gasteiger partial charge in [-0.2, -0.15) is 0 Å². The molecule has 2 aliphatic rings. The molecule has 1 aromatic carbocycles. The Bertz CT molecular complexity index is 803. The molecule has 0 saturated carbocycles. The van der Waals surface area contributed by atoms with Gasteiger partial charge in [0.15, 0.2) is 0 Å². The lowest BCUT2D eigenvalue weighted by Crippen LogP contribution is -2.42. The van der Waals surface area contributed by atoms with Crippen molar-refractivity contribution in [2.45, 2.75) is 12.7 Å². The fraction of sp³-hybridized carbons (Fsp3) is 0.526. The number of aromatic nitrogens is 1. The Kier molecular flexibility index (Phi) is 5.70. The fourth-order valence-corrected chi connectivity index (χ4v) is 3.83. The van der Waals surface area contributed by atoms with Crippen LogP contribution in [-0.2, 0) is 16.0 Å². The molecule has 2 N–H and O–H groups in total. The number of morpholine rings is 2. The Hall–Kier alpha value is -1.97. The second-order valence-corrected chi connectivity index (χ2v) is 6.95. The van der Waals surface area contributed by atoms with E-state index in [0.717, 1.165) is 62.5 Å². The van der Waals surface area contributed by atoms with Gasteiger partial charge >= 0.3 is 0 Å². The van der Waals surface area contributed by atoms with Crippen LogP contribution < -0.4 is 5.73 Å². The van der Waals surface area contributed by atoms with Crippen LogP contribution in [0.4, 0.5) is 5.69 Å². The Morgan fingerprint density at radius 2 is 1.85 bits per heavy atom. The molecule has 8 heteroatoms. The monoisotopic (exact) mass is 371 g/mol. The first-order valence-electron chi connectivity index (χ1n) is 9.39. The number of ether oxygens (including phenoxy) is 2. The number of benzene rings is 1. The molecule has 2 aromatic rings. The molecule has 2 aliphatic heterocycles. The zero-order chi connectivity index (χ0) is 18.6. The Morgan fingerprint density at radius 1 is 1.15 bits per heavy atom. The largest absolute Gasteiger partial charge is 0.379 e. The van der Waals surface area contributed by atoms with Crippen molar-refractivity contribution in [1.29, 1.82) is 0 Å². The molecule has 4 rings (SSSR count). The number of hydrogen-bond acceptors (Lipinski definition) is 8. The van der Waals surface area contributed by atoms with Gasteiger partial charge in [0.25, 0.3) is 0 Å². The van der Waals surface area contributed by atoms with Crippen LogP contribution in [0.3, 0.4) is 0 Å². The van der Waals surface area contributed by atoms with Crippen LogP contribution in [0.15, 0.2) is 29.6 Å². The molecule has 8 nitrogen and oxygen atoms in total. The molecule has 1 atom stereocenters. The molecule has 0 spiro atoms. The molecule has 0 radical (unpaired) electrons. The van der Waals surface area contributed by atoms with Crippen LogP contribution in [0.25, 0.3) is 10.9 Å². The third-order valence-electron chi connectivity index (χ3n) is 5.33. The molecule has 2 fully saturated rings. The maximum Gasteiger partial charge on any atom is 0.140 e. The minimum Gasteiger partial charge on any atom is -0.379 e.